The Labute approximate surface area is 321 Å². The molecule has 0 aliphatic rings. The highest BCUT2D eigenvalue weighted by Gasteiger charge is 2.24. The van der Waals surface area contributed by atoms with Gasteiger partial charge >= 0.3 is 0 Å². The molecule has 12 aromatic rings. The van der Waals surface area contributed by atoms with Gasteiger partial charge in [0, 0.05) is 27.3 Å². The largest absolute Gasteiger partial charge is 0.456 e. The molecule has 0 amide bonds. The first-order chi connectivity index (χ1) is 27.8. The van der Waals surface area contributed by atoms with E-state index in [0.29, 0.717) is 5.89 Å². The van der Waals surface area contributed by atoms with Crippen molar-refractivity contribution in [2.24, 2.45) is 0 Å². The lowest BCUT2D eigenvalue weighted by Crippen LogP contribution is -1.92. The Morgan fingerprint density at radius 2 is 0.929 bits per heavy atom. The van der Waals surface area contributed by atoms with Crippen LogP contribution in [-0.2, 0) is 0 Å². The maximum atomic E-state index is 6.82. The van der Waals surface area contributed by atoms with Crippen molar-refractivity contribution in [2.75, 3.05) is 0 Å². The Balaban J connectivity index is 1.21. The third kappa shape index (κ3) is 4.55. The number of furan rings is 1. The molecule has 10 aromatic carbocycles. The van der Waals surface area contributed by atoms with E-state index in [9.17, 15) is 0 Å². The van der Waals surface area contributed by atoms with E-state index in [2.05, 4.69) is 182 Å². The summed E-state index contributed by atoms with van der Waals surface area (Å²) in [5.41, 5.74) is 11.0. The van der Waals surface area contributed by atoms with Gasteiger partial charge in [0.05, 0.1) is 0 Å². The molecular weight excluding hydrogens is 683 g/mol. The average molecular weight is 714 g/mol. The molecule has 0 saturated carbocycles. The Morgan fingerprint density at radius 1 is 0.339 bits per heavy atom. The van der Waals surface area contributed by atoms with E-state index in [0.717, 1.165) is 76.8 Å². The molecule has 3 heteroatoms. The SMILES string of the molecule is c1ccc(-c2c3ccccc3c(-c3cc(-c4cc5ccccc5c5oc(-c6cccc7ccccc67)nc45)cc4oc5ccccc5c34)c3ccccc23)cc1. The third-order valence-electron chi connectivity index (χ3n) is 11.5. The second-order valence-corrected chi connectivity index (χ2v) is 14.6. The Hall–Kier alpha value is -7.49. The van der Waals surface area contributed by atoms with Gasteiger partial charge in [0.1, 0.15) is 16.7 Å². The molecule has 0 saturated heterocycles. The predicted octanol–water partition coefficient (Wildman–Crippen LogP) is 15.0. The number of benzene rings is 10. The number of hydrogen-bond acceptors (Lipinski definition) is 3. The predicted molar refractivity (Wildman–Crippen MR) is 233 cm³/mol. The standard InChI is InChI=1S/C53H31NO2/c1-2-16-33(17-3-1)48-38-22-8-10-24-40(38)49(41-25-11-9-23-39(41)48)45-30-35(31-47-50(45)43-26-12-13-28-46(43)55-47)44-29-34-18-5-7-21-37(34)52-51(44)54-53(56-52)42-27-14-19-32-15-4-6-20-36(32)42/h1-31H. The minimum atomic E-state index is 0.605. The first kappa shape index (κ1) is 30.9. The van der Waals surface area contributed by atoms with E-state index in [1.54, 1.807) is 0 Å². The molecule has 0 atom stereocenters. The van der Waals surface area contributed by atoms with Crippen LogP contribution in [-0.4, -0.2) is 4.98 Å². The summed E-state index contributed by atoms with van der Waals surface area (Å²) in [6, 6.07) is 66.8. The van der Waals surface area contributed by atoms with Gasteiger partial charge in [0.2, 0.25) is 5.89 Å². The van der Waals surface area contributed by atoms with Crippen LogP contribution in [0.5, 0.6) is 0 Å². The van der Waals surface area contributed by atoms with E-state index in [1.165, 1.54) is 38.2 Å². The zero-order valence-electron chi connectivity index (χ0n) is 30.2. The summed E-state index contributed by atoms with van der Waals surface area (Å²) in [5, 5.41) is 11.4. The van der Waals surface area contributed by atoms with E-state index in [-0.39, 0.29) is 0 Å². The van der Waals surface area contributed by atoms with Crippen molar-refractivity contribution in [1.29, 1.82) is 0 Å². The van der Waals surface area contributed by atoms with Gasteiger partial charge in [-0.15, -0.1) is 0 Å². The summed E-state index contributed by atoms with van der Waals surface area (Å²) >= 11 is 0. The molecule has 0 aliphatic heterocycles. The van der Waals surface area contributed by atoms with Crippen LogP contribution in [0.3, 0.4) is 0 Å². The zero-order valence-corrected chi connectivity index (χ0v) is 30.2. The summed E-state index contributed by atoms with van der Waals surface area (Å²) in [6.45, 7) is 0. The van der Waals surface area contributed by atoms with E-state index in [4.69, 9.17) is 13.8 Å². The van der Waals surface area contributed by atoms with Gasteiger partial charge < -0.3 is 8.83 Å². The number of hydrogen-bond donors (Lipinski definition) is 0. The fourth-order valence-corrected chi connectivity index (χ4v) is 9.03. The fourth-order valence-electron chi connectivity index (χ4n) is 9.03. The molecule has 3 nitrogen and oxygen atoms in total. The van der Waals surface area contributed by atoms with Gasteiger partial charge in [-0.05, 0) is 95.9 Å². The van der Waals surface area contributed by atoms with Gasteiger partial charge in [-0.1, -0.05) is 158 Å². The van der Waals surface area contributed by atoms with Crippen LogP contribution in [0, 0.1) is 0 Å². The minimum Gasteiger partial charge on any atom is -0.456 e. The Kier molecular flexibility index (Phi) is 6.63. The lowest BCUT2D eigenvalue weighted by Gasteiger charge is -2.19. The number of para-hydroxylation sites is 1. The van der Waals surface area contributed by atoms with Crippen LogP contribution < -0.4 is 0 Å². The van der Waals surface area contributed by atoms with Gasteiger partial charge in [-0.2, -0.15) is 0 Å². The van der Waals surface area contributed by atoms with Crippen LogP contribution in [0.4, 0.5) is 0 Å². The molecule has 12 rings (SSSR count). The number of rotatable bonds is 4. The van der Waals surface area contributed by atoms with Crippen LogP contribution >= 0.6 is 0 Å². The molecule has 2 aromatic heterocycles. The summed E-state index contributed by atoms with van der Waals surface area (Å²) in [4.78, 5) is 5.33. The fraction of sp³-hybridized carbons (Fsp3) is 0. The molecule has 56 heavy (non-hydrogen) atoms. The molecule has 0 bridgehead atoms. The van der Waals surface area contributed by atoms with Gasteiger partial charge in [0.25, 0.3) is 0 Å². The van der Waals surface area contributed by atoms with E-state index in [1.807, 2.05) is 6.07 Å². The van der Waals surface area contributed by atoms with Gasteiger partial charge in [-0.25, -0.2) is 4.98 Å². The van der Waals surface area contributed by atoms with Crippen molar-refractivity contribution in [1.82, 2.24) is 4.98 Å². The van der Waals surface area contributed by atoms with Crippen molar-refractivity contribution < 1.29 is 8.83 Å². The number of oxazole rings is 1. The molecule has 0 aliphatic carbocycles. The first-order valence-electron chi connectivity index (χ1n) is 19.0. The molecule has 0 spiro atoms. The maximum Gasteiger partial charge on any atom is 0.227 e. The summed E-state index contributed by atoms with van der Waals surface area (Å²) in [7, 11) is 0. The summed E-state index contributed by atoms with van der Waals surface area (Å²) in [6.07, 6.45) is 0. The molecule has 0 fully saturated rings. The van der Waals surface area contributed by atoms with Crippen LogP contribution in [0.2, 0.25) is 0 Å². The lowest BCUT2D eigenvalue weighted by molar-refractivity contribution is 0.624. The van der Waals surface area contributed by atoms with Crippen molar-refractivity contribution in [3.63, 3.8) is 0 Å². The van der Waals surface area contributed by atoms with Gasteiger partial charge in [0.15, 0.2) is 5.58 Å². The Bertz CT molecular complexity index is 3470. The Morgan fingerprint density at radius 3 is 1.68 bits per heavy atom. The van der Waals surface area contributed by atoms with E-state index < -0.39 is 0 Å². The number of aromatic nitrogens is 1. The second-order valence-electron chi connectivity index (χ2n) is 14.6. The molecule has 0 N–H and O–H groups in total. The molecule has 0 unspecified atom stereocenters. The topological polar surface area (TPSA) is 39.2 Å². The molecule has 0 radical (unpaired) electrons. The number of fused-ring (bicyclic) bond motifs is 9. The third-order valence-corrected chi connectivity index (χ3v) is 11.5. The molecule has 260 valence electrons. The van der Waals surface area contributed by atoms with Crippen molar-refractivity contribution >= 4 is 76.1 Å². The maximum absolute atomic E-state index is 6.82. The highest BCUT2D eigenvalue weighted by atomic mass is 16.3. The van der Waals surface area contributed by atoms with E-state index >= 15 is 0 Å². The first-order valence-corrected chi connectivity index (χ1v) is 19.0. The highest BCUT2D eigenvalue weighted by molar-refractivity contribution is 6.26. The summed E-state index contributed by atoms with van der Waals surface area (Å²) < 4.78 is 13.6. The smallest absolute Gasteiger partial charge is 0.227 e. The average Bonchev–Trinajstić information content (AvgIpc) is 3.88. The highest BCUT2D eigenvalue weighted by Crippen LogP contribution is 2.49. The lowest BCUT2D eigenvalue weighted by atomic mass is 9.84. The van der Waals surface area contributed by atoms with Gasteiger partial charge in [-0.3, -0.25) is 0 Å². The van der Waals surface area contributed by atoms with Crippen molar-refractivity contribution in [3.05, 3.63) is 188 Å². The van der Waals surface area contributed by atoms with Crippen LogP contribution in [0.1, 0.15) is 0 Å². The normalized spacial score (nSPS) is 11.9. The molecule has 2 heterocycles. The van der Waals surface area contributed by atoms with Crippen LogP contribution in [0.15, 0.2) is 197 Å². The minimum absolute atomic E-state index is 0.605. The monoisotopic (exact) mass is 713 g/mol. The van der Waals surface area contributed by atoms with Crippen molar-refractivity contribution in [3.8, 4) is 44.8 Å². The summed E-state index contributed by atoms with van der Waals surface area (Å²) in [5.74, 6) is 0.605. The zero-order chi connectivity index (χ0) is 36.7. The second kappa shape index (κ2) is 12.0. The molecular formula is C53H31NO2. The van der Waals surface area contributed by atoms with Crippen molar-refractivity contribution in [2.45, 2.75) is 0 Å². The van der Waals surface area contributed by atoms with Crippen LogP contribution in [0.25, 0.3) is 121 Å². The quantitative estimate of drug-likeness (QED) is 0.170. The number of nitrogens with zero attached hydrogens (tertiary/aromatic N) is 1.